The normalized spacial score (nSPS) is 31.3. The van der Waals surface area contributed by atoms with E-state index in [1.165, 1.54) is 0 Å². The summed E-state index contributed by atoms with van der Waals surface area (Å²) in [6, 6.07) is -0.0521. The standard InChI is InChI=1S/C14H26N2O2/c1-11-5-8-15-12(9-11)13(17)16(2)10-14(18)6-3-4-7-14/h11-12,15,18H,3-10H2,1-2H3. The minimum atomic E-state index is -0.634. The third-order valence-corrected chi connectivity index (χ3v) is 4.41. The number of carbonyl (C=O) groups is 1. The van der Waals surface area contributed by atoms with E-state index in [2.05, 4.69) is 12.2 Å². The molecule has 4 heteroatoms. The summed E-state index contributed by atoms with van der Waals surface area (Å²) >= 11 is 0. The summed E-state index contributed by atoms with van der Waals surface area (Å²) in [6.45, 7) is 3.61. The van der Waals surface area contributed by atoms with Gasteiger partial charge in [0.15, 0.2) is 0 Å². The van der Waals surface area contributed by atoms with Gasteiger partial charge in [-0.2, -0.15) is 0 Å². The Morgan fingerprint density at radius 2 is 2.11 bits per heavy atom. The summed E-state index contributed by atoms with van der Waals surface area (Å²) in [7, 11) is 1.82. The lowest BCUT2D eigenvalue weighted by molar-refractivity contribution is -0.136. The molecule has 4 nitrogen and oxygen atoms in total. The Morgan fingerprint density at radius 1 is 1.44 bits per heavy atom. The Labute approximate surface area is 110 Å². The zero-order valence-electron chi connectivity index (χ0n) is 11.6. The molecule has 2 aliphatic rings. The van der Waals surface area contributed by atoms with Crippen LogP contribution in [-0.2, 0) is 4.79 Å². The van der Waals surface area contributed by atoms with Gasteiger partial charge in [0, 0.05) is 13.6 Å². The van der Waals surface area contributed by atoms with Crippen molar-refractivity contribution in [2.45, 2.75) is 57.1 Å². The average Bonchev–Trinajstić information content (AvgIpc) is 2.74. The highest BCUT2D eigenvalue weighted by Crippen LogP contribution is 2.30. The number of aliphatic hydroxyl groups is 1. The average molecular weight is 254 g/mol. The van der Waals surface area contributed by atoms with Crippen molar-refractivity contribution in [3.8, 4) is 0 Å². The van der Waals surface area contributed by atoms with Crippen molar-refractivity contribution in [1.82, 2.24) is 10.2 Å². The van der Waals surface area contributed by atoms with Gasteiger partial charge in [0.1, 0.15) is 0 Å². The van der Waals surface area contributed by atoms with Crippen LogP contribution in [0.25, 0.3) is 0 Å². The van der Waals surface area contributed by atoms with Crippen LogP contribution in [0.1, 0.15) is 45.4 Å². The van der Waals surface area contributed by atoms with Crippen LogP contribution in [0.15, 0.2) is 0 Å². The molecule has 1 aliphatic heterocycles. The molecule has 0 aromatic carbocycles. The molecule has 1 aliphatic carbocycles. The quantitative estimate of drug-likeness (QED) is 0.794. The van der Waals surface area contributed by atoms with E-state index in [1.54, 1.807) is 4.90 Å². The van der Waals surface area contributed by atoms with E-state index in [0.29, 0.717) is 12.5 Å². The Hall–Kier alpha value is -0.610. The first-order valence-corrected chi connectivity index (χ1v) is 7.21. The van der Waals surface area contributed by atoms with Gasteiger partial charge in [-0.1, -0.05) is 19.8 Å². The molecule has 0 radical (unpaired) electrons. The van der Waals surface area contributed by atoms with Crippen LogP contribution in [-0.4, -0.2) is 47.7 Å². The predicted octanol–water partition coefficient (Wildman–Crippen LogP) is 1.14. The van der Waals surface area contributed by atoms with E-state index in [0.717, 1.165) is 45.1 Å². The number of piperidine rings is 1. The summed E-state index contributed by atoms with van der Waals surface area (Å²) in [5.74, 6) is 0.755. The maximum absolute atomic E-state index is 12.3. The van der Waals surface area contributed by atoms with Gasteiger partial charge in [-0.15, -0.1) is 0 Å². The maximum atomic E-state index is 12.3. The third kappa shape index (κ3) is 3.23. The largest absolute Gasteiger partial charge is 0.388 e. The summed E-state index contributed by atoms with van der Waals surface area (Å²) in [5, 5.41) is 13.6. The van der Waals surface area contributed by atoms with Crippen LogP contribution in [0.5, 0.6) is 0 Å². The summed E-state index contributed by atoms with van der Waals surface area (Å²) in [6.07, 6.45) is 5.89. The smallest absolute Gasteiger partial charge is 0.239 e. The van der Waals surface area contributed by atoms with E-state index in [-0.39, 0.29) is 11.9 Å². The van der Waals surface area contributed by atoms with Gasteiger partial charge >= 0.3 is 0 Å². The van der Waals surface area contributed by atoms with Crippen LogP contribution in [0, 0.1) is 5.92 Å². The molecule has 2 unspecified atom stereocenters. The van der Waals surface area contributed by atoms with E-state index in [1.807, 2.05) is 7.05 Å². The number of carbonyl (C=O) groups excluding carboxylic acids is 1. The van der Waals surface area contributed by atoms with Crippen molar-refractivity contribution in [3.63, 3.8) is 0 Å². The lowest BCUT2D eigenvalue weighted by atomic mass is 9.93. The minimum Gasteiger partial charge on any atom is -0.388 e. The zero-order chi connectivity index (χ0) is 13.2. The highest BCUT2D eigenvalue weighted by molar-refractivity contribution is 5.81. The predicted molar refractivity (Wildman–Crippen MR) is 71.2 cm³/mol. The topological polar surface area (TPSA) is 52.6 Å². The summed E-state index contributed by atoms with van der Waals surface area (Å²) in [5.41, 5.74) is -0.634. The maximum Gasteiger partial charge on any atom is 0.239 e. The van der Waals surface area contributed by atoms with Crippen LogP contribution >= 0.6 is 0 Å². The van der Waals surface area contributed by atoms with Gasteiger partial charge in [-0.3, -0.25) is 4.79 Å². The molecule has 0 aromatic heterocycles. The highest BCUT2D eigenvalue weighted by atomic mass is 16.3. The van der Waals surface area contributed by atoms with Gasteiger partial charge in [0.2, 0.25) is 5.91 Å². The summed E-state index contributed by atoms with van der Waals surface area (Å²) < 4.78 is 0. The van der Waals surface area contributed by atoms with Gasteiger partial charge in [-0.25, -0.2) is 0 Å². The van der Waals surface area contributed by atoms with Crippen molar-refractivity contribution in [2.24, 2.45) is 5.92 Å². The van der Waals surface area contributed by atoms with Crippen molar-refractivity contribution in [3.05, 3.63) is 0 Å². The molecule has 1 amide bonds. The minimum absolute atomic E-state index is 0.0521. The van der Waals surface area contributed by atoms with Crippen LogP contribution < -0.4 is 5.32 Å². The molecule has 1 saturated heterocycles. The third-order valence-electron chi connectivity index (χ3n) is 4.41. The van der Waals surface area contributed by atoms with Crippen LogP contribution in [0.4, 0.5) is 0 Å². The van der Waals surface area contributed by atoms with Crippen molar-refractivity contribution in [1.29, 1.82) is 0 Å². The fourth-order valence-electron chi connectivity index (χ4n) is 3.27. The van der Waals surface area contributed by atoms with Crippen LogP contribution in [0.3, 0.4) is 0 Å². The highest BCUT2D eigenvalue weighted by Gasteiger charge is 2.35. The summed E-state index contributed by atoms with van der Waals surface area (Å²) in [4.78, 5) is 14.0. The van der Waals surface area contributed by atoms with Gasteiger partial charge in [0.05, 0.1) is 11.6 Å². The molecular formula is C14H26N2O2. The fourth-order valence-corrected chi connectivity index (χ4v) is 3.27. The number of likely N-dealkylation sites (N-methyl/N-ethyl adjacent to an activating group) is 1. The monoisotopic (exact) mass is 254 g/mol. The number of nitrogens with one attached hydrogen (secondary N) is 1. The van der Waals surface area contributed by atoms with Gasteiger partial charge < -0.3 is 15.3 Å². The number of rotatable bonds is 3. The van der Waals surface area contributed by atoms with E-state index < -0.39 is 5.60 Å². The number of hydrogen-bond acceptors (Lipinski definition) is 3. The van der Waals surface area contributed by atoms with Gasteiger partial charge in [-0.05, 0) is 38.1 Å². The number of hydrogen-bond donors (Lipinski definition) is 2. The molecule has 0 spiro atoms. The fraction of sp³-hybridized carbons (Fsp3) is 0.929. The molecule has 104 valence electrons. The molecular weight excluding hydrogens is 228 g/mol. The van der Waals surface area contributed by atoms with E-state index in [9.17, 15) is 9.90 Å². The first kappa shape index (κ1) is 13.8. The van der Waals surface area contributed by atoms with Crippen molar-refractivity contribution in [2.75, 3.05) is 20.1 Å². The Bertz CT molecular complexity index is 300. The molecule has 2 fully saturated rings. The second-order valence-electron chi connectivity index (χ2n) is 6.26. The van der Waals surface area contributed by atoms with Crippen molar-refractivity contribution < 1.29 is 9.90 Å². The molecule has 18 heavy (non-hydrogen) atoms. The SMILES string of the molecule is CC1CCNC(C(=O)N(C)CC2(O)CCCC2)C1. The molecule has 0 bridgehead atoms. The lowest BCUT2D eigenvalue weighted by Gasteiger charge is -2.34. The first-order chi connectivity index (χ1) is 8.50. The van der Waals surface area contributed by atoms with E-state index in [4.69, 9.17) is 0 Å². The Balaban J connectivity index is 1.87. The molecule has 2 rings (SSSR count). The molecule has 2 N–H and O–H groups in total. The second-order valence-corrected chi connectivity index (χ2v) is 6.26. The Morgan fingerprint density at radius 3 is 2.72 bits per heavy atom. The number of nitrogens with zero attached hydrogens (tertiary/aromatic N) is 1. The molecule has 1 saturated carbocycles. The zero-order valence-corrected chi connectivity index (χ0v) is 11.6. The van der Waals surface area contributed by atoms with Crippen LogP contribution in [0.2, 0.25) is 0 Å². The second kappa shape index (κ2) is 5.57. The molecule has 0 aromatic rings. The Kier molecular flexibility index (Phi) is 4.28. The van der Waals surface area contributed by atoms with Crippen molar-refractivity contribution >= 4 is 5.91 Å². The molecule has 1 heterocycles. The van der Waals surface area contributed by atoms with E-state index >= 15 is 0 Å². The lowest BCUT2D eigenvalue weighted by Crippen LogP contribution is -2.52. The number of amides is 1. The van der Waals surface area contributed by atoms with Gasteiger partial charge in [0.25, 0.3) is 0 Å². The molecule has 2 atom stereocenters. The first-order valence-electron chi connectivity index (χ1n) is 7.21.